The number of aromatic hydroxyl groups is 1. The van der Waals surface area contributed by atoms with Gasteiger partial charge in [-0.2, -0.15) is 0 Å². The van der Waals surface area contributed by atoms with Gasteiger partial charge in [0.05, 0.1) is 55.7 Å². The second-order valence-corrected chi connectivity index (χ2v) is 16.4. The lowest BCUT2D eigenvalue weighted by molar-refractivity contribution is -0.343. The first-order valence-corrected chi connectivity index (χ1v) is 20.3. The Bertz CT molecular complexity index is 1920. The number of carboxylic acid groups (broad SMARTS) is 2. The number of phenolic OH excluding ortho intramolecular Hbond substituents is 1. The Balaban J connectivity index is 0.974. The topological polar surface area (TPSA) is 365 Å². The Morgan fingerprint density at radius 3 is 1.44 bits per heavy atom. The number of hydrogen-bond acceptors (Lipinski definition) is 21. The van der Waals surface area contributed by atoms with E-state index >= 15 is 0 Å². The number of hydrogen-bond donors (Lipinski definition) is 11. The molecule has 63 heavy (non-hydrogen) atoms. The molecule has 2 aliphatic carbocycles. The third kappa shape index (κ3) is 9.23. The van der Waals surface area contributed by atoms with Crippen molar-refractivity contribution in [2.45, 2.75) is 99.7 Å². The summed E-state index contributed by atoms with van der Waals surface area (Å²) in [7, 11) is 0. The quantitative estimate of drug-likeness (QED) is 0.0845. The van der Waals surface area contributed by atoms with E-state index in [0.717, 1.165) is 24.7 Å². The summed E-state index contributed by atoms with van der Waals surface area (Å²) in [5.74, 6) is -9.14. The van der Waals surface area contributed by atoms with Gasteiger partial charge in [-0.05, 0) is 43.9 Å². The van der Waals surface area contributed by atoms with Crippen molar-refractivity contribution in [3.8, 4) is 5.75 Å². The van der Waals surface area contributed by atoms with Crippen molar-refractivity contribution in [2.75, 3.05) is 26.4 Å². The number of aliphatic hydroxyl groups is 8. The van der Waals surface area contributed by atoms with Crippen molar-refractivity contribution in [2.24, 2.45) is 35.5 Å². The van der Waals surface area contributed by atoms with Crippen LogP contribution in [-0.4, -0.2) is 180 Å². The predicted octanol–water partition coefficient (Wildman–Crippen LogP) is -2.73. The molecule has 1 aromatic carbocycles. The normalized spacial score (nSPS) is 39.7. The first kappa shape index (κ1) is 46.5. The van der Waals surface area contributed by atoms with Crippen LogP contribution in [-0.2, 0) is 47.5 Å². The first-order chi connectivity index (χ1) is 30.0. The molecule has 0 spiro atoms. The maximum absolute atomic E-state index is 13.3. The number of esters is 2. The molecule has 2 saturated carbocycles. The minimum absolute atomic E-state index is 0.0715. The van der Waals surface area contributed by atoms with E-state index in [1.807, 2.05) is 0 Å². The van der Waals surface area contributed by atoms with Crippen LogP contribution in [0.2, 0.25) is 0 Å². The van der Waals surface area contributed by atoms with Crippen molar-refractivity contribution in [1.29, 1.82) is 0 Å². The van der Waals surface area contributed by atoms with E-state index in [0.29, 0.717) is 25.7 Å². The fourth-order valence-electron chi connectivity index (χ4n) is 9.43. The van der Waals surface area contributed by atoms with Gasteiger partial charge in [-0.15, -0.1) is 0 Å². The lowest BCUT2D eigenvalue weighted by atomic mass is 9.83. The van der Waals surface area contributed by atoms with Gasteiger partial charge < -0.3 is 94.1 Å². The molecule has 0 bridgehead atoms. The highest BCUT2D eigenvalue weighted by Crippen LogP contribution is 2.49. The van der Waals surface area contributed by atoms with Crippen molar-refractivity contribution >= 4 is 23.9 Å². The highest BCUT2D eigenvalue weighted by molar-refractivity contribution is 5.96. The molecule has 23 heteroatoms. The number of benzene rings is 1. The zero-order valence-electron chi connectivity index (χ0n) is 33.3. The number of carbonyl (C=O) groups excluding carboxylic acids is 2. The second-order valence-electron chi connectivity index (χ2n) is 16.4. The van der Waals surface area contributed by atoms with Crippen molar-refractivity contribution in [3.05, 3.63) is 53.0 Å². The summed E-state index contributed by atoms with van der Waals surface area (Å²) in [5, 5.41) is 111. The average molecular weight is 899 g/mol. The molecular formula is C40H50O23. The van der Waals surface area contributed by atoms with E-state index in [-0.39, 0.29) is 35.5 Å². The Kier molecular flexibility index (Phi) is 14.2. The fourth-order valence-corrected chi connectivity index (χ4v) is 9.43. The maximum atomic E-state index is 13.3. The highest BCUT2D eigenvalue weighted by Gasteiger charge is 2.54. The van der Waals surface area contributed by atoms with Gasteiger partial charge >= 0.3 is 23.9 Å². The SMILES string of the molecule is O=C(O)C1=CO[C@H](O[C@H]2O[C@@H](CO)[C@H](O)[C@@H](O)[C@@H]2O)[C@H]2[C@H](COC(=O)c3ccc(C(=O)OC[C@@H]4CC[C@H]5C(C(=O)O)=CO[C@H](O[C@H]6O[C@@H](CO)[C@H](O)[C@@H](O)[C@@H]6O)[C@@H]45)c(O)c3)CC[C@@H]12. The number of aliphatic carboxylic acids is 2. The number of ether oxygens (including phenoxy) is 8. The van der Waals surface area contributed by atoms with Crippen molar-refractivity contribution < 1.29 is 113 Å². The molecule has 7 rings (SSSR count). The van der Waals surface area contributed by atoms with E-state index < -0.39 is 152 Å². The van der Waals surface area contributed by atoms with Crippen molar-refractivity contribution in [1.82, 2.24) is 0 Å². The molecule has 0 radical (unpaired) electrons. The van der Waals surface area contributed by atoms with Crippen LogP contribution in [0.3, 0.4) is 0 Å². The standard InChI is InChI=1S/C40H50O23/c41-8-23-27(44)29(46)31(48)39(60-23)62-37-25-15(2-4-17(25)20(12-58-37)33(50)51)10-56-35(54)14-1-6-19(22(43)7-14)36(55)57-11-16-3-5-18-21(34(52)53)13-59-38(26(16)18)63-40-32(49)30(47)28(45)24(9-42)61-40/h1,6-7,12-13,15-18,23-32,37-49H,2-5,8-11H2,(H,50,51)(H,52,53)/t15-,16-,17-,18-,23-,24-,25-,26-,27-,28-,29+,30+,31-,32-,37+,38+,39+,40+/m0/s1. The van der Waals surface area contributed by atoms with Crippen molar-refractivity contribution in [3.63, 3.8) is 0 Å². The number of rotatable bonds is 14. The molecule has 0 aromatic heterocycles. The maximum Gasteiger partial charge on any atom is 0.341 e. The lowest BCUT2D eigenvalue weighted by Crippen LogP contribution is -2.60. The van der Waals surface area contributed by atoms with Gasteiger partial charge in [0, 0.05) is 35.5 Å². The smallest absolute Gasteiger partial charge is 0.341 e. The van der Waals surface area contributed by atoms with Gasteiger partial charge in [0.25, 0.3) is 0 Å². The number of carbonyl (C=O) groups is 4. The number of fused-ring (bicyclic) bond motifs is 2. The van der Waals surface area contributed by atoms with Gasteiger partial charge in [-0.3, -0.25) is 0 Å². The first-order valence-electron chi connectivity index (χ1n) is 20.3. The van der Waals surface area contributed by atoms with Gasteiger partial charge in [-0.1, -0.05) is 0 Å². The molecular weight excluding hydrogens is 848 g/mol. The second kappa shape index (κ2) is 19.3. The zero-order valence-corrected chi connectivity index (χ0v) is 33.3. The van der Waals surface area contributed by atoms with Gasteiger partial charge in [0.2, 0.25) is 12.6 Å². The zero-order chi connectivity index (χ0) is 45.4. The Morgan fingerprint density at radius 1 is 0.587 bits per heavy atom. The van der Waals surface area contributed by atoms with E-state index in [2.05, 4.69) is 0 Å². The number of aliphatic hydroxyl groups excluding tert-OH is 8. The number of carboxylic acids is 2. The molecule has 4 aliphatic heterocycles. The van der Waals surface area contributed by atoms with Crippen LogP contribution in [0, 0.1) is 35.5 Å². The van der Waals surface area contributed by atoms with Crippen LogP contribution >= 0.6 is 0 Å². The fraction of sp³-hybridized carbons (Fsp3) is 0.650. The molecule has 348 valence electrons. The molecule has 4 fully saturated rings. The van der Waals surface area contributed by atoms with Crippen LogP contribution in [0.15, 0.2) is 41.9 Å². The monoisotopic (exact) mass is 898 g/mol. The largest absolute Gasteiger partial charge is 0.507 e. The molecule has 18 atom stereocenters. The van der Waals surface area contributed by atoms with E-state index in [1.54, 1.807) is 0 Å². The molecule has 23 nitrogen and oxygen atoms in total. The molecule has 11 N–H and O–H groups in total. The Labute approximate surface area is 357 Å². The van der Waals surface area contributed by atoms with Crippen LogP contribution in [0.4, 0.5) is 0 Å². The molecule has 1 aromatic rings. The van der Waals surface area contributed by atoms with Gasteiger partial charge in [0.1, 0.15) is 60.1 Å². The highest BCUT2D eigenvalue weighted by atomic mass is 16.8. The summed E-state index contributed by atoms with van der Waals surface area (Å²) in [4.78, 5) is 50.6. The lowest BCUT2D eigenvalue weighted by Gasteiger charge is -2.43. The van der Waals surface area contributed by atoms with Crippen LogP contribution in [0.5, 0.6) is 5.75 Å². The third-order valence-corrected chi connectivity index (χ3v) is 12.8. The minimum atomic E-state index is -1.78. The van der Waals surface area contributed by atoms with E-state index in [9.17, 15) is 75.3 Å². The molecule has 2 saturated heterocycles. The average Bonchev–Trinajstić information content (AvgIpc) is 3.90. The molecule has 0 unspecified atom stereocenters. The Morgan fingerprint density at radius 2 is 1.03 bits per heavy atom. The summed E-state index contributed by atoms with van der Waals surface area (Å²) in [5.41, 5.74) is -0.651. The van der Waals surface area contributed by atoms with E-state index in [4.69, 9.17) is 37.9 Å². The summed E-state index contributed by atoms with van der Waals surface area (Å²) in [6.07, 6.45) is -15.4. The number of phenols is 1. The van der Waals surface area contributed by atoms with Crippen LogP contribution < -0.4 is 0 Å². The van der Waals surface area contributed by atoms with Gasteiger partial charge in [0.15, 0.2) is 12.6 Å². The molecule has 6 aliphatic rings. The summed E-state index contributed by atoms with van der Waals surface area (Å²) < 4.78 is 44.9. The minimum Gasteiger partial charge on any atom is -0.507 e. The predicted molar refractivity (Wildman–Crippen MR) is 199 cm³/mol. The summed E-state index contributed by atoms with van der Waals surface area (Å²) in [6, 6.07) is 3.30. The summed E-state index contributed by atoms with van der Waals surface area (Å²) >= 11 is 0. The van der Waals surface area contributed by atoms with Crippen LogP contribution in [0.1, 0.15) is 46.4 Å². The van der Waals surface area contributed by atoms with Crippen LogP contribution in [0.25, 0.3) is 0 Å². The third-order valence-electron chi connectivity index (χ3n) is 12.8. The van der Waals surface area contributed by atoms with E-state index in [1.165, 1.54) is 6.07 Å². The molecule has 4 heterocycles. The molecule has 0 amide bonds. The van der Waals surface area contributed by atoms with Gasteiger partial charge in [-0.25, -0.2) is 19.2 Å². The summed E-state index contributed by atoms with van der Waals surface area (Å²) in [6.45, 7) is -2.05. The Hall–Kier alpha value is -4.50.